The number of nitrogens with two attached hydrogens (primary N) is 1. The molecular weight excluding hydrogens is 214 g/mol. The van der Waals surface area contributed by atoms with E-state index in [9.17, 15) is 8.42 Å². The fourth-order valence-corrected chi connectivity index (χ4v) is 2.16. The van der Waals surface area contributed by atoms with Crippen LogP contribution in [0.1, 0.15) is 26.2 Å². The van der Waals surface area contributed by atoms with Crippen LogP contribution in [0.4, 0.5) is 0 Å². The zero-order valence-electron chi connectivity index (χ0n) is 9.25. The third-order valence-corrected chi connectivity index (χ3v) is 4.23. The Hall–Kier alpha value is -0.170. The molecule has 1 fully saturated rings. The van der Waals surface area contributed by atoms with Crippen LogP contribution >= 0.6 is 0 Å². The van der Waals surface area contributed by atoms with Crippen molar-refractivity contribution in [2.75, 3.05) is 25.4 Å². The molecule has 0 radical (unpaired) electrons. The third-order valence-electron chi connectivity index (χ3n) is 2.83. The fourth-order valence-electron chi connectivity index (χ4n) is 1.54. The van der Waals surface area contributed by atoms with Crippen LogP contribution in [0.3, 0.4) is 0 Å². The predicted octanol–water partition coefficient (Wildman–Crippen LogP) is -0.603. The lowest BCUT2D eigenvalue weighted by Crippen LogP contribution is -2.54. The van der Waals surface area contributed by atoms with Crippen molar-refractivity contribution < 1.29 is 8.42 Å². The van der Waals surface area contributed by atoms with Gasteiger partial charge in [0.15, 0.2) is 0 Å². The molecule has 0 bridgehead atoms. The number of hydrogen-bond acceptors (Lipinski definition) is 4. The normalized spacial score (nSPS) is 19.9. The van der Waals surface area contributed by atoms with Crippen molar-refractivity contribution in [3.05, 3.63) is 0 Å². The quantitative estimate of drug-likeness (QED) is 0.514. The van der Waals surface area contributed by atoms with E-state index in [1.54, 1.807) is 6.92 Å². The minimum Gasteiger partial charge on any atom is -0.324 e. The maximum absolute atomic E-state index is 11.1. The van der Waals surface area contributed by atoms with Crippen LogP contribution in [-0.2, 0) is 10.0 Å². The maximum Gasteiger partial charge on any atom is 0.211 e. The van der Waals surface area contributed by atoms with Gasteiger partial charge in [0.25, 0.3) is 0 Å². The van der Waals surface area contributed by atoms with Crippen molar-refractivity contribution in [2.24, 2.45) is 5.73 Å². The SMILES string of the molecule is CCS(=O)(=O)NCCNCC1(N)CCC1. The van der Waals surface area contributed by atoms with Crippen LogP contribution in [0.5, 0.6) is 0 Å². The highest BCUT2D eigenvalue weighted by atomic mass is 32.2. The average Bonchev–Trinajstić information content (AvgIpc) is 2.14. The maximum atomic E-state index is 11.1. The number of sulfonamides is 1. The standard InChI is InChI=1S/C9H21N3O2S/c1-2-15(13,14)12-7-6-11-8-9(10)4-3-5-9/h11-12H,2-8,10H2,1H3. The fraction of sp³-hybridized carbons (Fsp3) is 1.00. The van der Waals surface area contributed by atoms with Gasteiger partial charge in [0.1, 0.15) is 0 Å². The summed E-state index contributed by atoms with van der Waals surface area (Å²) in [7, 11) is -3.05. The monoisotopic (exact) mass is 235 g/mol. The van der Waals surface area contributed by atoms with Gasteiger partial charge in [-0.25, -0.2) is 13.1 Å². The number of rotatable bonds is 7. The Kier molecular flexibility index (Phi) is 4.51. The van der Waals surface area contributed by atoms with Crippen LogP contribution in [0.25, 0.3) is 0 Å². The predicted molar refractivity (Wildman–Crippen MR) is 61.1 cm³/mol. The van der Waals surface area contributed by atoms with Gasteiger partial charge in [-0.3, -0.25) is 0 Å². The van der Waals surface area contributed by atoms with Gasteiger partial charge in [-0.2, -0.15) is 0 Å². The topological polar surface area (TPSA) is 84.2 Å². The molecule has 0 atom stereocenters. The Morgan fingerprint density at radius 2 is 2.00 bits per heavy atom. The minimum absolute atomic E-state index is 0.0381. The second-order valence-electron chi connectivity index (χ2n) is 4.19. The average molecular weight is 235 g/mol. The van der Waals surface area contributed by atoms with Gasteiger partial charge in [-0.05, 0) is 26.2 Å². The second-order valence-corrected chi connectivity index (χ2v) is 6.29. The summed E-state index contributed by atoms with van der Waals surface area (Å²) in [5, 5.41) is 3.17. The molecule has 6 heteroatoms. The molecule has 0 unspecified atom stereocenters. The van der Waals surface area contributed by atoms with Gasteiger partial charge in [-0.15, -0.1) is 0 Å². The molecule has 0 heterocycles. The van der Waals surface area contributed by atoms with Crippen molar-refractivity contribution >= 4 is 10.0 Å². The zero-order chi connectivity index (χ0) is 11.4. The van der Waals surface area contributed by atoms with Crippen molar-refractivity contribution in [3.63, 3.8) is 0 Å². The van der Waals surface area contributed by atoms with Gasteiger partial charge in [0.05, 0.1) is 5.75 Å². The van der Waals surface area contributed by atoms with Crippen LogP contribution < -0.4 is 15.8 Å². The third kappa shape index (κ3) is 4.46. The summed E-state index contributed by atoms with van der Waals surface area (Å²) in [5.41, 5.74) is 5.96. The first-order valence-electron chi connectivity index (χ1n) is 5.44. The molecule has 0 aromatic rings. The Labute approximate surface area is 91.9 Å². The van der Waals surface area contributed by atoms with E-state index in [0.29, 0.717) is 13.1 Å². The largest absolute Gasteiger partial charge is 0.324 e. The van der Waals surface area contributed by atoms with E-state index < -0.39 is 10.0 Å². The van der Waals surface area contributed by atoms with Crippen LogP contribution in [-0.4, -0.2) is 39.3 Å². The first kappa shape index (κ1) is 12.9. The Morgan fingerprint density at radius 1 is 1.33 bits per heavy atom. The van der Waals surface area contributed by atoms with Gasteiger partial charge < -0.3 is 11.1 Å². The summed E-state index contributed by atoms with van der Waals surface area (Å²) in [4.78, 5) is 0. The van der Waals surface area contributed by atoms with E-state index in [1.165, 1.54) is 6.42 Å². The van der Waals surface area contributed by atoms with Gasteiger partial charge in [-0.1, -0.05) is 0 Å². The van der Waals surface area contributed by atoms with E-state index >= 15 is 0 Å². The molecule has 0 saturated heterocycles. The van der Waals surface area contributed by atoms with E-state index in [2.05, 4.69) is 10.0 Å². The molecule has 0 aromatic carbocycles. The molecule has 5 nitrogen and oxygen atoms in total. The molecule has 1 saturated carbocycles. The van der Waals surface area contributed by atoms with E-state index in [0.717, 1.165) is 19.4 Å². The Bertz CT molecular complexity index is 286. The summed E-state index contributed by atoms with van der Waals surface area (Å²) in [6, 6.07) is 0. The Morgan fingerprint density at radius 3 is 2.47 bits per heavy atom. The number of nitrogens with one attached hydrogen (secondary N) is 2. The van der Waals surface area contributed by atoms with Crippen molar-refractivity contribution in [3.8, 4) is 0 Å². The van der Waals surface area contributed by atoms with Crippen LogP contribution in [0.2, 0.25) is 0 Å². The van der Waals surface area contributed by atoms with E-state index in [1.807, 2.05) is 0 Å². The summed E-state index contributed by atoms with van der Waals surface area (Å²) >= 11 is 0. The molecule has 90 valence electrons. The lowest BCUT2D eigenvalue weighted by atomic mass is 9.78. The molecule has 1 rings (SSSR count). The molecule has 0 spiro atoms. The smallest absolute Gasteiger partial charge is 0.211 e. The summed E-state index contributed by atoms with van der Waals surface area (Å²) < 4.78 is 24.6. The second kappa shape index (κ2) is 5.25. The van der Waals surface area contributed by atoms with E-state index in [4.69, 9.17) is 5.73 Å². The Balaban J connectivity index is 2.02. The van der Waals surface area contributed by atoms with Gasteiger partial charge in [0.2, 0.25) is 10.0 Å². The first-order valence-corrected chi connectivity index (χ1v) is 7.10. The summed E-state index contributed by atoms with van der Waals surface area (Å²) in [6.07, 6.45) is 3.35. The lowest BCUT2D eigenvalue weighted by Gasteiger charge is -2.38. The van der Waals surface area contributed by atoms with Crippen molar-refractivity contribution in [1.29, 1.82) is 0 Å². The highest BCUT2D eigenvalue weighted by Crippen LogP contribution is 2.27. The van der Waals surface area contributed by atoms with Gasteiger partial charge in [0, 0.05) is 25.2 Å². The van der Waals surface area contributed by atoms with Crippen LogP contribution in [0, 0.1) is 0 Å². The molecule has 0 amide bonds. The summed E-state index contributed by atoms with van der Waals surface area (Å²) in [6.45, 7) is 3.48. The molecule has 1 aliphatic carbocycles. The first-order chi connectivity index (χ1) is 6.97. The molecule has 4 N–H and O–H groups in total. The van der Waals surface area contributed by atoms with Crippen LogP contribution in [0.15, 0.2) is 0 Å². The number of hydrogen-bond donors (Lipinski definition) is 3. The van der Waals surface area contributed by atoms with E-state index in [-0.39, 0.29) is 11.3 Å². The summed E-state index contributed by atoms with van der Waals surface area (Å²) in [5.74, 6) is 0.133. The highest BCUT2D eigenvalue weighted by Gasteiger charge is 2.31. The molecular formula is C9H21N3O2S. The van der Waals surface area contributed by atoms with Crippen molar-refractivity contribution in [2.45, 2.75) is 31.7 Å². The molecule has 0 aromatic heterocycles. The van der Waals surface area contributed by atoms with Gasteiger partial charge >= 0.3 is 0 Å². The molecule has 0 aliphatic heterocycles. The molecule has 15 heavy (non-hydrogen) atoms. The molecule has 1 aliphatic rings. The lowest BCUT2D eigenvalue weighted by molar-refractivity contribution is 0.240. The minimum atomic E-state index is -3.05. The van der Waals surface area contributed by atoms with Crippen molar-refractivity contribution in [1.82, 2.24) is 10.0 Å². The zero-order valence-corrected chi connectivity index (χ0v) is 10.1. The highest BCUT2D eigenvalue weighted by molar-refractivity contribution is 7.89.